The number of hydrogen-bond acceptors (Lipinski definition) is 12. The van der Waals surface area contributed by atoms with Crippen molar-refractivity contribution in [2.45, 2.75) is 62.8 Å². The van der Waals surface area contributed by atoms with Crippen molar-refractivity contribution < 1.29 is 81.3 Å². The van der Waals surface area contributed by atoms with Gasteiger partial charge in [-0.2, -0.15) is 27.8 Å². The Balaban J connectivity index is 0.000000220. The van der Waals surface area contributed by atoms with Crippen molar-refractivity contribution in [2.75, 3.05) is 51.0 Å². The van der Waals surface area contributed by atoms with E-state index in [4.69, 9.17) is 17.9 Å². The van der Waals surface area contributed by atoms with E-state index >= 15 is 0 Å². The van der Waals surface area contributed by atoms with E-state index in [1.807, 2.05) is 0 Å². The average molecular weight is 1270 g/mol. The summed E-state index contributed by atoms with van der Waals surface area (Å²) in [6.45, 7) is -0.541. The zero-order chi connectivity index (χ0) is 60.0. The maximum atomic E-state index is 14.7. The number of imidazole rings is 2. The number of ether oxygens (including phenoxy) is 2. The Kier molecular flexibility index (Phi) is 19.4. The number of likely N-dealkylation sites (tertiary alicyclic amines) is 2. The Bertz CT molecular complexity index is 3480. The summed E-state index contributed by atoms with van der Waals surface area (Å²) < 4.78 is 166. The van der Waals surface area contributed by atoms with E-state index in [2.05, 4.69) is 71.2 Å². The quantitative estimate of drug-likeness (QED) is 0.0366. The Morgan fingerprint density at radius 1 is 0.728 bits per heavy atom. The second-order valence-corrected chi connectivity index (χ2v) is 18.2. The summed E-state index contributed by atoms with van der Waals surface area (Å²) in [7, 11) is 2.96. The van der Waals surface area contributed by atoms with Crippen LogP contribution in [0, 0.1) is 39.4 Å². The van der Waals surface area contributed by atoms with Gasteiger partial charge in [0, 0.05) is 39.3 Å². The molecule has 6 aromatic rings. The molecule has 81 heavy (non-hydrogen) atoms. The van der Waals surface area contributed by atoms with Crippen molar-refractivity contribution in [3.63, 3.8) is 0 Å². The Morgan fingerprint density at radius 3 is 1.54 bits per heavy atom. The number of halogens is 13. The first-order chi connectivity index (χ1) is 38.1. The summed E-state index contributed by atoms with van der Waals surface area (Å²) in [4.78, 5) is 58.3. The van der Waals surface area contributed by atoms with E-state index in [-0.39, 0.29) is 82.2 Å². The van der Waals surface area contributed by atoms with E-state index < -0.39 is 98.5 Å². The minimum Gasteiger partial charge on any atom is -0.373 e. The molecule has 0 saturated carbocycles. The van der Waals surface area contributed by atoms with E-state index in [9.17, 15) is 71.9 Å². The van der Waals surface area contributed by atoms with Crippen LogP contribution in [0.15, 0.2) is 62.2 Å². The van der Waals surface area contributed by atoms with Crippen LogP contribution in [0.5, 0.6) is 0 Å². The standard InChI is InChI=1S/C24H21F6N7O3.C16H18F3N5O3.C8H4F3IN2/c1-3-19(38)35-9-13(7-14(35)10-40-24(28,29)30)37-22(32-2)20(21(31)39)16(34-37)5-4-12-6-17-18(8-15(12)25)36(11-33-17)23(26)27;1-4-11-13(14(20)26)15(21-3)24(22-11)9-6-10(8-27-16(17,18)19)23(7-9)12(25)5-2;9-4-1-7-6(2-5(4)12)13-3-14(7)8(10)11/h3,6,8,11,13-14,23,32H,1,7,9-10H2,2H3,(H2,31,39);1,5,9-10,21H,2,6-8H2,3H3,(H2,20,26);1-3,8H/t13-,14+;9-,10+;/m00./s1. The van der Waals surface area contributed by atoms with Crippen LogP contribution in [-0.4, -0.2) is 137 Å². The fraction of sp³-hybridized carbons (Fsp3) is 0.333. The first-order valence-corrected chi connectivity index (χ1v) is 24.1. The molecular weight excluding hydrogens is 1220 g/mol. The lowest BCUT2D eigenvalue weighted by atomic mass is 10.1. The van der Waals surface area contributed by atoms with Crippen LogP contribution in [0.4, 0.5) is 64.3 Å². The Hall–Kier alpha value is -8.31. The number of nitrogens with zero attached hydrogens (tertiary/aromatic N) is 10. The number of primary amides is 2. The minimum absolute atomic E-state index is 0.00316. The molecule has 4 amide bonds. The molecule has 0 aliphatic carbocycles. The summed E-state index contributed by atoms with van der Waals surface area (Å²) in [5.74, 6) is 3.22. The van der Waals surface area contributed by atoms with Crippen LogP contribution >= 0.6 is 22.6 Å². The molecule has 4 atom stereocenters. The molecule has 8 rings (SSSR count). The molecule has 432 valence electrons. The summed E-state index contributed by atoms with van der Waals surface area (Å²) in [5.41, 5.74) is 10.7. The lowest BCUT2D eigenvalue weighted by Gasteiger charge is -2.23. The summed E-state index contributed by atoms with van der Waals surface area (Å²) >= 11 is 1.79. The van der Waals surface area contributed by atoms with Gasteiger partial charge in [-0.05, 0) is 71.6 Å². The van der Waals surface area contributed by atoms with E-state index in [1.165, 1.54) is 34.4 Å². The van der Waals surface area contributed by atoms with Crippen molar-refractivity contribution in [2.24, 2.45) is 11.5 Å². The monoisotopic (exact) mass is 1270 g/mol. The molecule has 6 heterocycles. The van der Waals surface area contributed by atoms with Gasteiger partial charge in [-0.25, -0.2) is 28.1 Å². The third-order valence-corrected chi connectivity index (χ3v) is 13.0. The summed E-state index contributed by atoms with van der Waals surface area (Å²) in [6, 6.07) is 1.37. The van der Waals surface area contributed by atoms with Crippen LogP contribution in [0.1, 0.15) is 75.7 Å². The molecular formula is C48H43F12IN14O6. The highest BCUT2D eigenvalue weighted by atomic mass is 127. The zero-order valence-electron chi connectivity index (χ0n) is 41.8. The van der Waals surface area contributed by atoms with Crippen molar-refractivity contribution in [1.82, 2.24) is 48.5 Å². The highest BCUT2D eigenvalue weighted by Crippen LogP contribution is 2.36. The second-order valence-electron chi connectivity index (χ2n) is 17.1. The van der Waals surface area contributed by atoms with Gasteiger partial charge in [-0.1, -0.05) is 19.1 Å². The van der Waals surface area contributed by atoms with Crippen LogP contribution < -0.4 is 22.1 Å². The zero-order valence-corrected chi connectivity index (χ0v) is 44.0. The number of nitrogens with two attached hydrogens (primary N) is 2. The first-order valence-electron chi connectivity index (χ1n) is 23.1. The van der Waals surface area contributed by atoms with Gasteiger partial charge in [0.25, 0.3) is 11.8 Å². The predicted molar refractivity (Wildman–Crippen MR) is 272 cm³/mol. The molecule has 20 nitrogen and oxygen atoms in total. The van der Waals surface area contributed by atoms with Gasteiger partial charge in [-0.3, -0.25) is 37.8 Å². The number of anilines is 2. The number of fused-ring (bicyclic) bond motifs is 2. The minimum atomic E-state index is -4.92. The number of hydrogen-bond donors (Lipinski definition) is 4. The van der Waals surface area contributed by atoms with Gasteiger partial charge < -0.3 is 31.9 Å². The number of benzene rings is 2. The van der Waals surface area contributed by atoms with Gasteiger partial charge in [0.1, 0.15) is 52.7 Å². The molecule has 6 N–H and O–H groups in total. The normalized spacial score (nSPS) is 17.0. The van der Waals surface area contributed by atoms with Crippen molar-refractivity contribution in [3.05, 3.63) is 106 Å². The van der Waals surface area contributed by atoms with Crippen LogP contribution in [0.2, 0.25) is 0 Å². The number of aromatic nitrogens is 8. The highest BCUT2D eigenvalue weighted by molar-refractivity contribution is 14.1. The van der Waals surface area contributed by atoms with Crippen molar-refractivity contribution in [3.8, 4) is 24.2 Å². The molecule has 0 unspecified atom stereocenters. The van der Waals surface area contributed by atoms with Gasteiger partial charge in [-0.15, -0.1) is 32.8 Å². The molecule has 4 aromatic heterocycles. The van der Waals surface area contributed by atoms with E-state index in [0.717, 1.165) is 47.9 Å². The molecule has 2 aromatic carbocycles. The molecule has 0 spiro atoms. The van der Waals surface area contributed by atoms with Crippen molar-refractivity contribution in [1.29, 1.82) is 0 Å². The molecule has 0 bridgehead atoms. The van der Waals surface area contributed by atoms with Gasteiger partial charge in [0.15, 0.2) is 5.69 Å². The smallest absolute Gasteiger partial charge is 0.373 e. The van der Waals surface area contributed by atoms with E-state index in [0.29, 0.717) is 18.2 Å². The maximum Gasteiger partial charge on any atom is 0.522 e. The number of carbonyl (C=O) groups is 4. The lowest BCUT2D eigenvalue weighted by molar-refractivity contribution is -0.328. The fourth-order valence-corrected chi connectivity index (χ4v) is 9.20. The van der Waals surface area contributed by atoms with Crippen LogP contribution in [0.25, 0.3) is 22.1 Å². The molecule has 2 aliphatic heterocycles. The first kappa shape index (κ1) is 61.9. The highest BCUT2D eigenvalue weighted by Gasteiger charge is 2.42. The molecule has 0 radical (unpaired) electrons. The van der Waals surface area contributed by atoms with E-state index in [1.54, 1.807) is 22.6 Å². The second kappa shape index (κ2) is 25.4. The van der Waals surface area contributed by atoms with Crippen molar-refractivity contribution >= 4 is 79.9 Å². The molecule has 2 aliphatic rings. The average Bonchev–Trinajstić information content (AvgIpc) is 4.36. The number of alkyl halides is 10. The van der Waals surface area contributed by atoms with Crippen LogP contribution in [-0.2, 0) is 19.1 Å². The Morgan fingerprint density at radius 2 is 1.15 bits per heavy atom. The van der Waals surface area contributed by atoms with Gasteiger partial charge in [0.2, 0.25) is 11.8 Å². The molecule has 2 saturated heterocycles. The third kappa shape index (κ3) is 14.2. The number of amides is 4. The number of nitrogens with one attached hydrogen (secondary N) is 2. The number of carbonyl (C=O) groups excluding carboxylic acids is 4. The van der Waals surface area contributed by atoms with Gasteiger partial charge in [0.05, 0.1) is 68.6 Å². The van der Waals surface area contributed by atoms with Gasteiger partial charge >= 0.3 is 25.8 Å². The summed E-state index contributed by atoms with van der Waals surface area (Å²) in [6.07, 6.45) is -0.488. The van der Waals surface area contributed by atoms with Crippen LogP contribution in [0.3, 0.4) is 0 Å². The fourth-order valence-electron chi connectivity index (χ4n) is 8.75. The lowest BCUT2D eigenvalue weighted by Crippen LogP contribution is -2.38. The molecule has 2 fully saturated rings. The topological polar surface area (TPSA) is 241 Å². The predicted octanol–water partition coefficient (Wildman–Crippen LogP) is 7.22. The maximum absolute atomic E-state index is 14.7. The third-order valence-electron chi connectivity index (χ3n) is 12.2. The molecule has 33 heteroatoms. The Labute approximate surface area is 463 Å². The summed E-state index contributed by atoms with van der Waals surface area (Å²) in [5, 5.41) is 14.0. The largest absolute Gasteiger partial charge is 0.522 e. The number of terminal acetylenes is 1. The SMILES string of the molecule is C#Cc1nn([C@H]2C[C@H](COC(F)(F)F)N(C(=O)C=C)C2)c(NC)c1C(N)=O.C=CC(=O)N1C[C@@H](n2nc(C#Cc3cc4ncn(C(F)F)c4cc3F)c(C(N)=O)c2NC)C[C@@H]1COC(F)(F)F.Fc1cc2c(cc1I)ncn2C(F)F. The number of rotatable bonds is 14.